The lowest BCUT2D eigenvalue weighted by molar-refractivity contribution is -0.0504. The van der Waals surface area contributed by atoms with Crippen LogP contribution in [0.2, 0.25) is 5.02 Å². The van der Waals surface area contributed by atoms with Crippen molar-refractivity contribution >= 4 is 41.5 Å². The molecule has 0 fully saturated rings. The van der Waals surface area contributed by atoms with Gasteiger partial charge in [-0.3, -0.25) is 4.99 Å². The number of nitrogens with one attached hydrogen (secondary N) is 2. The quantitative estimate of drug-likeness (QED) is 0.220. The van der Waals surface area contributed by atoms with Gasteiger partial charge in [0.2, 0.25) is 0 Å². The van der Waals surface area contributed by atoms with Crippen LogP contribution >= 0.6 is 35.6 Å². The van der Waals surface area contributed by atoms with Crippen LogP contribution in [0.3, 0.4) is 0 Å². The Morgan fingerprint density at radius 2 is 1.97 bits per heavy atom. The van der Waals surface area contributed by atoms with E-state index in [0.717, 1.165) is 12.4 Å². The minimum Gasteiger partial charge on any atom is -0.434 e. The van der Waals surface area contributed by atoms with E-state index in [4.69, 9.17) is 11.6 Å². The van der Waals surface area contributed by atoms with Gasteiger partial charge in [0.15, 0.2) is 5.96 Å². The molecule has 0 atom stereocenters. The molecule has 0 spiro atoms. The molecule has 1 aromatic heterocycles. The van der Waals surface area contributed by atoms with Crippen molar-refractivity contribution in [2.75, 3.05) is 13.6 Å². The molecule has 10 heteroatoms. The molecule has 0 aliphatic carbocycles. The molecule has 3 aromatic rings. The second kappa shape index (κ2) is 13.2. The number of imidazole rings is 1. The smallest absolute Gasteiger partial charge is 0.387 e. The average Bonchev–Trinajstić information content (AvgIpc) is 3.19. The van der Waals surface area contributed by atoms with Gasteiger partial charge in [0.25, 0.3) is 0 Å². The van der Waals surface area contributed by atoms with Crippen LogP contribution in [0, 0.1) is 0 Å². The van der Waals surface area contributed by atoms with E-state index in [1.54, 1.807) is 19.3 Å². The predicted molar refractivity (Wildman–Crippen MR) is 133 cm³/mol. The van der Waals surface area contributed by atoms with Gasteiger partial charge >= 0.3 is 6.61 Å². The third-order valence-corrected chi connectivity index (χ3v) is 4.78. The highest BCUT2D eigenvalue weighted by molar-refractivity contribution is 14.0. The maximum absolute atomic E-state index is 12.6. The number of aromatic nitrogens is 2. The molecular weight excluding hydrogens is 551 g/mol. The molecule has 3 rings (SSSR count). The number of hydrogen-bond donors (Lipinski definition) is 2. The van der Waals surface area contributed by atoms with Gasteiger partial charge in [0.05, 0.1) is 0 Å². The lowest BCUT2D eigenvalue weighted by atomic mass is 10.2. The van der Waals surface area contributed by atoms with Crippen LogP contribution in [0.15, 0.2) is 65.9 Å². The summed E-state index contributed by atoms with van der Waals surface area (Å²) in [6.07, 6.45) is 4.44. The van der Waals surface area contributed by atoms with Crippen LogP contribution in [0.25, 0.3) is 0 Å². The van der Waals surface area contributed by atoms with E-state index in [2.05, 4.69) is 42.0 Å². The highest BCUT2D eigenvalue weighted by atomic mass is 127. The molecule has 0 aliphatic rings. The zero-order valence-electron chi connectivity index (χ0n) is 17.5. The van der Waals surface area contributed by atoms with Gasteiger partial charge in [0, 0.05) is 56.1 Å². The minimum atomic E-state index is -2.91. The lowest BCUT2D eigenvalue weighted by Crippen LogP contribution is -2.38. The van der Waals surface area contributed by atoms with Crippen LogP contribution in [0.1, 0.15) is 17.0 Å². The number of guanidine groups is 1. The molecule has 0 unspecified atom stereocenters. The molecule has 0 saturated carbocycles. The third kappa shape index (κ3) is 7.94. The first-order chi connectivity index (χ1) is 15.0. The molecule has 0 bridgehead atoms. The molecule has 172 valence electrons. The highest BCUT2D eigenvalue weighted by Gasteiger charge is 2.11. The Hall–Kier alpha value is -2.40. The number of halogens is 4. The van der Waals surface area contributed by atoms with Crippen molar-refractivity contribution in [3.63, 3.8) is 0 Å². The van der Waals surface area contributed by atoms with Gasteiger partial charge in [-0.15, -0.1) is 24.0 Å². The Balaban J connectivity index is 0.00000363. The highest BCUT2D eigenvalue weighted by Crippen LogP contribution is 2.24. The van der Waals surface area contributed by atoms with Crippen molar-refractivity contribution in [3.8, 4) is 5.75 Å². The zero-order chi connectivity index (χ0) is 22.1. The van der Waals surface area contributed by atoms with E-state index in [-0.39, 0.29) is 36.3 Å². The fourth-order valence-corrected chi connectivity index (χ4v) is 3.28. The van der Waals surface area contributed by atoms with Gasteiger partial charge in [-0.05, 0) is 23.8 Å². The molecule has 0 saturated heterocycles. The normalized spacial score (nSPS) is 11.2. The van der Waals surface area contributed by atoms with E-state index >= 15 is 0 Å². The SMILES string of the molecule is CN=C(NCCc1nccn1Cc1ccccc1)NCc1cc(Cl)ccc1OC(F)F.I. The molecule has 2 aromatic carbocycles. The summed E-state index contributed by atoms with van der Waals surface area (Å²) in [6.45, 7) is -1.33. The molecule has 0 radical (unpaired) electrons. The summed E-state index contributed by atoms with van der Waals surface area (Å²) >= 11 is 5.99. The molecule has 0 amide bonds. The maximum Gasteiger partial charge on any atom is 0.387 e. The summed E-state index contributed by atoms with van der Waals surface area (Å²) < 4.78 is 31.9. The lowest BCUT2D eigenvalue weighted by Gasteiger charge is -2.15. The first-order valence-electron chi connectivity index (χ1n) is 9.77. The summed E-state index contributed by atoms with van der Waals surface area (Å²) in [4.78, 5) is 8.61. The van der Waals surface area contributed by atoms with Crippen molar-refractivity contribution in [2.45, 2.75) is 26.1 Å². The number of alkyl halides is 2. The van der Waals surface area contributed by atoms with Crippen LogP contribution in [0.4, 0.5) is 8.78 Å². The van der Waals surface area contributed by atoms with Crippen LogP contribution in [-0.4, -0.2) is 35.7 Å². The molecule has 2 N–H and O–H groups in total. The van der Waals surface area contributed by atoms with Crippen molar-refractivity contribution in [3.05, 3.63) is 82.9 Å². The van der Waals surface area contributed by atoms with E-state index < -0.39 is 6.61 Å². The van der Waals surface area contributed by atoms with Crippen LogP contribution < -0.4 is 15.4 Å². The van der Waals surface area contributed by atoms with Crippen molar-refractivity contribution in [1.82, 2.24) is 20.2 Å². The van der Waals surface area contributed by atoms with Crippen LogP contribution in [0.5, 0.6) is 5.75 Å². The molecule has 6 nitrogen and oxygen atoms in total. The zero-order valence-corrected chi connectivity index (χ0v) is 20.6. The van der Waals surface area contributed by atoms with E-state index in [9.17, 15) is 8.78 Å². The topological polar surface area (TPSA) is 63.5 Å². The minimum absolute atomic E-state index is 0. The number of rotatable bonds is 9. The van der Waals surface area contributed by atoms with Crippen molar-refractivity contribution in [2.24, 2.45) is 4.99 Å². The summed E-state index contributed by atoms with van der Waals surface area (Å²) in [6, 6.07) is 14.7. The fraction of sp³-hybridized carbons (Fsp3) is 0.273. The summed E-state index contributed by atoms with van der Waals surface area (Å²) in [5.74, 6) is 1.56. The van der Waals surface area contributed by atoms with Gasteiger partial charge in [-0.25, -0.2) is 4.98 Å². The molecular formula is C22H25ClF2IN5O. The third-order valence-electron chi connectivity index (χ3n) is 4.55. The van der Waals surface area contributed by atoms with Gasteiger partial charge in [-0.2, -0.15) is 8.78 Å². The Morgan fingerprint density at radius 1 is 1.19 bits per heavy atom. The van der Waals surface area contributed by atoms with E-state index in [0.29, 0.717) is 29.5 Å². The summed E-state index contributed by atoms with van der Waals surface area (Å²) in [5, 5.41) is 6.73. The second-order valence-electron chi connectivity index (χ2n) is 6.69. The fourth-order valence-electron chi connectivity index (χ4n) is 3.08. The largest absolute Gasteiger partial charge is 0.434 e. The summed E-state index contributed by atoms with van der Waals surface area (Å²) in [7, 11) is 1.64. The van der Waals surface area contributed by atoms with E-state index in [1.165, 1.54) is 17.7 Å². The van der Waals surface area contributed by atoms with Crippen molar-refractivity contribution in [1.29, 1.82) is 0 Å². The van der Waals surface area contributed by atoms with Crippen LogP contribution in [-0.2, 0) is 19.5 Å². The number of ether oxygens (including phenoxy) is 1. The Labute approximate surface area is 208 Å². The first-order valence-corrected chi connectivity index (χ1v) is 10.1. The van der Waals surface area contributed by atoms with Gasteiger partial charge in [-0.1, -0.05) is 41.9 Å². The number of benzene rings is 2. The Morgan fingerprint density at radius 3 is 2.69 bits per heavy atom. The second-order valence-corrected chi connectivity index (χ2v) is 7.13. The maximum atomic E-state index is 12.6. The Kier molecular flexibility index (Phi) is 10.7. The molecule has 32 heavy (non-hydrogen) atoms. The van der Waals surface area contributed by atoms with Crippen molar-refractivity contribution < 1.29 is 13.5 Å². The number of hydrogen-bond acceptors (Lipinski definition) is 3. The van der Waals surface area contributed by atoms with Gasteiger partial charge in [0.1, 0.15) is 11.6 Å². The van der Waals surface area contributed by atoms with Gasteiger partial charge < -0.3 is 19.9 Å². The predicted octanol–water partition coefficient (Wildman–Crippen LogP) is 4.71. The monoisotopic (exact) mass is 575 g/mol. The first kappa shape index (κ1) is 25.9. The number of aliphatic imine (C=N–C) groups is 1. The Bertz CT molecular complexity index is 1000. The van der Waals surface area contributed by atoms with E-state index in [1.807, 2.05) is 24.4 Å². The molecule has 1 heterocycles. The standard InChI is InChI=1S/C22H24ClF2N5O.HI/c1-26-22(29-14-17-13-18(23)7-8-19(17)31-21(24)25)28-10-9-20-27-11-12-30(20)15-16-5-3-2-4-6-16;/h2-8,11-13,21H,9-10,14-15H2,1H3,(H2,26,28,29);1H. The molecule has 0 aliphatic heterocycles. The summed E-state index contributed by atoms with van der Waals surface area (Å²) in [5.41, 5.74) is 1.71. The average molecular weight is 576 g/mol. The number of nitrogens with zero attached hydrogens (tertiary/aromatic N) is 3.